The van der Waals surface area contributed by atoms with Gasteiger partial charge in [-0.3, -0.25) is 0 Å². The molecular weight excluding hydrogens is 337 g/mol. The third kappa shape index (κ3) is 5.42. The van der Waals surface area contributed by atoms with Crippen LogP contribution in [0.4, 0.5) is 24.5 Å². The number of rotatable bonds is 3. The summed E-state index contributed by atoms with van der Waals surface area (Å²) in [5, 5.41) is 6.47. The number of ether oxygens (including phenoxy) is 1. The van der Waals surface area contributed by atoms with Gasteiger partial charge < -0.3 is 15.4 Å². The highest BCUT2D eigenvalue weighted by Gasteiger charge is 2.31. The lowest BCUT2D eigenvalue weighted by Gasteiger charge is -2.13. The third-order valence-corrected chi connectivity index (χ3v) is 2.88. The summed E-state index contributed by atoms with van der Waals surface area (Å²) >= 11 is 10.9. The van der Waals surface area contributed by atoms with Crippen molar-refractivity contribution < 1.29 is 17.9 Å². The summed E-state index contributed by atoms with van der Waals surface area (Å²) in [7, 11) is 0. The van der Waals surface area contributed by atoms with E-state index in [0.717, 1.165) is 0 Å². The zero-order chi connectivity index (χ0) is 16.2. The monoisotopic (exact) mass is 346 g/mol. The van der Waals surface area contributed by atoms with Gasteiger partial charge in [0.25, 0.3) is 0 Å². The van der Waals surface area contributed by atoms with E-state index in [1.54, 1.807) is 30.3 Å². The van der Waals surface area contributed by atoms with E-state index in [0.29, 0.717) is 16.4 Å². The van der Waals surface area contributed by atoms with Crippen LogP contribution in [0.3, 0.4) is 0 Å². The molecule has 0 aromatic heterocycles. The molecule has 0 saturated carbocycles. The van der Waals surface area contributed by atoms with E-state index < -0.39 is 6.36 Å². The normalized spacial score (nSPS) is 10.9. The van der Waals surface area contributed by atoms with Crippen molar-refractivity contribution in [1.29, 1.82) is 0 Å². The topological polar surface area (TPSA) is 33.3 Å². The number of hydrogen-bond donors (Lipinski definition) is 2. The molecule has 0 spiro atoms. The Balaban J connectivity index is 1.99. The molecule has 0 fully saturated rings. The van der Waals surface area contributed by atoms with Crippen LogP contribution in [-0.4, -0.2) is 11.5 Å². The van der Waals surface area contributed by atoms with Gasteiger partial charge in [0.05, 0.1) is 0 Å². The first kappa shape index (κ1) is 16.4. The van der Waals surface area contributed by atoms with Crippen LogP contribution in [0, 0.1) is 0 Å². The van der Waals surface area contributed by atoms with Crippen molar-refractivity contribution in [1.82, 2.24) is 0 Å². The van der Waals surface area contributed by atoms with Gasteiger partial charge in [-0.25, -0.2) is 0 Å². The van der Waals surface area contributed by atoms with Crippen molar-refractivity contribution in [3.05, 3.63) is 53.6 Å². The van der Waals surface area contributed by atoms with Gasteiger partial charge in [0.2, 0.25) is 0 Å². The number of hydrogen-bond acceptors (Lipinski definition) is 2. The molecule has 0 saturated heterocycles. The second-order valence-electron chi connectivity index (χ2n) is 4.16. The fourth-order valence-electron chi connectivity index (χ4n) is 1.60. The average molecular weight is 347 g/mol. The third-order valence-electron chi connectivity index (χ3n) is 2.43. The first-order chi connectivity index (χ1) is 10.3. The molecule has 0 bridgehead atoms. The van der Waals surface area contributed by atoms with Crippen LogP contribution in [0.2, 0.25) is 5.02 Å². The fraction of sp³-hybridized carbons (Fsp3) is 0.0714. The van der Waals surface area contributed by atoms with Gasteiger partial charge in [0.1, 0.15) is 5.75 Å². The Kier molecular flexibility index (Phi) is 5.10. The Labute approximate surface area is 135 Å². The SMILES string of the molecule is FC(F)(F)Oc1cccc(NC(=S)Nc2ccc(Cl)cc2)c1. The molecular formula is C14H10ClF3N2OS. The van der Waals surface area contributed by atoms with Crippen LogP contribution >= 0.6 is 23.8 Å². The number of anilines is 2. The smallest absolute Gasteiger partial charge is 0.406 e. The predicted molar refractivity (Wildman–Crippen MR) is 84.4 cm³/mol. The molecule has 8 heteroatoms. The molecule has 22 heavy (non-hydrogen) atoms. The van der Waals surface area contributed by atoms with Gasteiger partial charge in [-0.2, -0.15) is 0 Å². The van der Waals surface area contributed by atoms with E-state index in [1.807, 2.05) is 0 Å². The number of alkyl halides is 3. The van der Waals surface area contributed by atoms with E-state index in [2.05, 4.69) is 15.4 Å². The molecule has 0 aliphatic carbocycles. The lowest BCUT2D eigenvalue weighted by atomic mass is 10.3. The molecule has 0 atom stereocenters. The Morgan fingerprint density at radius 1 is 1.00 bits per heavy atom. The zero-order valence-electron chi connectivity index (χ0n) is 10.9. The van der Waals surface area contributed by atoms with Gasteiger partial charge in [0.15, 0.2) is 5.11 Å². The number of thiocarbonyl (C=S) groups is 1. The number of nitrogens with one attached hydrogen (secondary N) is 2. The molecule has 0 aliphatic rings. The molecule has 0 radical (unpaired) electrons. The first-order valence-electron chi connectivity index (χ1n) is 6.01. The van der Waals surface area contributed by atoms with Crippen molar-refractivity contribution in [2.45, 2.75) is 6.36 Å². The Hall–Kier alpha value is -1.99. The Morgan fingerprint density at radius 2 is 1.64 bits per heavy atom. The van der Waals surface area contributed by atoms with Crippen molar-refractivity contribution in [3.8, 4) is 5.75 Å². The van der Waals surface area contributed by atoms with Crippen LogP contribution in [-0.2, 0) is 0 Å². The maximum atomic E-state index is 12.2. The highest BCUT2D eigenvalue weighted by Crippen LogP contribution is 2.25. The maximum Gasteiger partial charge on any atom is 0.573 e. The van der Waals surface area contributed by atoms with E-state index in [9.17, 15) is 13.2 Å². The quantitative estimate of drug-likeness (QED) is 0.762. The summed E-state index contributed by atoms with van der Waals surface area (Å²) in [6.07, 6.45) is -4.74. The van der Waals surface area contributed by atoms with Crippen LogP contribution < -0.4 is 15.4 Å². The average Bonchev–Trinajstić information content (AvgIpc) is 2.40. The van der Waals surface area contributed by atoms with E-state index in [1.165, 1.54) is 18.2 Å². The molecule has 3 nitrogen and oxygen atoms in total. The molecule has 0 aliphatic heterocycles. The maximum absolute atomic E-state index is 12.2. The first-order valence-corrected chi connectivity index (χ1v) is 6.80. The molecule has 116 valence electrons. The van der Waals surface area contributed by atoms with Crippen molar-refractivity contribution in [2.75, 3.05) is 10.6 Å². The highest BCUT2D eigenvalue weighted by atomic mass is 35.5. The fourth-order valence-corrected chi connectivity index (χ4v) is 1.96. The summed E-state index contributed by atoms with van der Waals surface area (Å²) in [5.74, 6) is -0.327. The van der Waals surface area contributed by atoms with Gasteiger partial charge in [-0.1, -0.05) is 17.7 Å². The Morgan fingerprint density at radius 3 is 2.27 bits per heavy atom. The van der Waals surface area contributed by atoms with E-state index in [4.69, 9.17) is 23.8 Å². The summed E-state index contributed by atoms with van der Waals surface area (Å²) < 4.78 is 40.3. The summed E-state index contributed by atoms with van der Waals surface area (Å²) in [6.45, 7) is 0. The number of benzene rings is 2. The summed E-state index contributed by atoms with van der Waals surface area (Å²) in [4.78, 5) is 0. The zero-order valence-corrected chi connectivity index (χ0v) is 12.5. The largest absolute Gasteiger partial charge is 0.573 e. The van der Waals surface area contributed by atoms with Crippen LogP contribution in [0.5, 0.6) is 5.75 Å². The minimum Gasteiger partial charge on any atom is -0.406 e. The molecule has 2 aromatic carbocycles. The Bertz CT molecular complexity index is 662. The van der Waals surface area contributed by atoms with E-state index in [-0.39, 0.29) is 10.9 Å². The minimum atomic E-state index is -4.74. The molecule has 0 unspecified atom stereocenters. The van der Waals surface area contributed by atoms with Gasteiger partial charge in [-0.05, 0) is 48.6 Å². The lowest BCUT2D eigenvalue weighted by Crippen LogP contribution is -2.20. The molecule has 2 rings (SSSR count). The van der Waals surface area contributed by atoms with Crippen molar-refractivity contribution in [3.63, 3.8) is 0 Å². The predicted octanol–water partition coefficient (Wildman–Crippen LogP) is 5.05. The summed E-state index contributed by atoms with van der Waals surface area (Å²) in [6, 6.07) is 12.2. The van der Waals surface area contributed by atoms with Crippen LogP contribution in [0.1, 0.15) is 0 Å². The number of halogens is 4. The second kappa shape index (κ2) is 6.85. The van der Waals surface area contributed by atoms with Gasteiger partial charge in [0, 0.05) is 22.5 Å². The van der Waals surface area contributed by atoms with Gasteiger partial charge >= 0.3 is 6.36 Å². The molecule has 0 heterocycles. The lowest BCUT2D eigenvalue weighted by molar-refractivity contribution is -0.274. The minimum absolute atomic E-state index is 0.228. The van der Waals surface area contributed by atoms with Crippen LogP contribution in [0.25, 0.3) is 0 Å². The molecule has 2 N–H and O–H groups in total. The molecule has 0 amide bonds. The van der Waals surface area contributed by atoms with Crippen molar-refractivity contribution in [2.24, 2.45) is 0 Å². The van der Waals surface area contributed by atoms with Gasteiger partial charge in [-0.15, -0.1) is 13.2 Å². The second-order valence-corrected chi connectivity index (χ2v) is 5.01. The summed E-state index contributed by atoms with van der Waals surface area (Å²) in [5.41, 5.74) is 1.07. The van der Waals surface area contributed by atoms with E-state index >= 15 is 0 Å². The highest BCUT2D eigenvalue weighted by molar-refractivity contribution is 7.80. The van der Waals surface area contributed by atoms with Crippen molar-refractivity contribution >= 4 is 40.3 Å². The molecule has 2 aromatic rings. The van der Waals surface area contributed by atoms with Crippen LogP contribution in [0.15, 0.2) is 48.5 Å². The standard InChI is InChI=1S/C14H10ClF3N2OS/c15-9-4-6-10(7-5-9)19-13(22)20-11-2-1-3-12(8-11)21-14(16,17)18/h1-8H,(H2,19,20,22).